The van der Waals surface area contributed by atoms with Crippen molar-refractivity contribution in [2.45, 2.75) is 26.3 Å². The van der Waals surface area contributed by atoms with Gasteiger partial charge in [0.15, 0.2) is 0 Å². The highest BCUT2D eigenvalue weighted by Gasteiger charge is 2.14. The van der Waals surface area contributed by atoms with Gasteiger partial charge in [-0.1, -0.05) is 12.1 Å². The molecule has 2 aromatic rings. The van der Waals surface area contributed by atoms with Gasteiger partial charge in [0.1, 0.15) is 12.1 Å². The van der Waals surface area contributed by atoms with Crippen LogP contribution in [0.15, 0.2) is 30.6 Å². The summed E-state index contributed by atoms with van der Waals surface area (Å²) in [5.41, 5.74) is 0.935. The Morgan fingerprint density at radius 2 is 2.06 bits per heavy atom. The van der Waals surface area contributed by atoms with Crippen LogP contribution in [0.5, 0.6) is 0 Å². The summed E-state index contributed by atoms with van der Waals surface area (Å²) in [7, 11) is 0. The van der Waals surface area contributed by atoms with E-state index in [2.05, 4.69) is 34.8 Å². The van der Waals surface area contributed by atoms with Crippen LogP contribution in [-0.4, -0.2) is 22.6 Å². The van der Waals surface area contributed by atoms with Gasteiger partial charge in [-0.3, -0.25) is 0 Å². The molecule has 92 valence electrons. The lowest BCUT2D eigenvalue weighted by atomic mass is 10.2. The topological polar surface area (TPSA) is 52.8 Å². The molecule has 2 rings (SSSR count). The maximum Gasteiger partial charge on any atom is 0.140 e. The molecule has 0 bridgehead atoms. The molecule has 1 aromatic carbocycles. The third-order valence-corrected chi connectivity index (χ3v) is 2.88. The van der Waals surface area contributed by atoms with Crippen molar-refractivity contribution in [1.29, 1.82) is 5.26 Å². The number of nitrogens with zero attached hydrogens (tertiary/aromatic N) is 4. The SMILES string of the molecule is CC(C)N(CCC#N)c1ncnc2ccccc12. The zero-order valence-electron chi connectivity index (χ0n) is 10.7. The van der Waals surface area contributed by atoms with E-state index in [9.17, 15) is 0 Å². The number of anilines is 1. The first kappa shape index (κ1) is 12.3. The Labute approximate surface area is 107 Å². The van der Waals surface area contributed by atoms with Crippen molar-refractivity contribution >= 4 is 16.7 Å². The molecule has 1 heterocycles. The fourth-order valence-electron chi connectivity index (χ4n) is 2.00. The van der Waals surface area contributed by atoms with E-state index in [0.29, 0.717) is 19.0 Å². The van der Waals surface area contributed by atoms with Gasteiger partial charge >= 0.3 is 0 Å². The monoisotopic (exact) mass is 240 g/mol. The lowest BCUT2D eigenvalue weighted by molar-refractivity contribution is 0.679. The molecular formula is C14H16N4. The van der Waals surface area contributed by atoms with Crippen LogP contribution >= 0.6 is 0 Å². The molecule has 18 heavy (non-hydrogen) atoms. The van der Waals surface area contributed by atoms with Crippen molar-refractivity contribution in [2.24, 2.45) is 0 Å². The minimum Gasteiger partial charge on any atom is -0.353 e. The molecule has 1 aromatic heterocycles. The number of nitriles is 1. The number of hydrogen-bond donors (Lipinski definition) is 0. The second kappa shape index (κ2) is 5.46. The molecule has 0 unspecified atom stereocenters. The van der Waals surface area contributed by atoms with Crippen LogP contribution in [0.1, 0.15) is 20.3 Å². The minimum atomic E-state index is 0.302. The Hall–Kier alpha value is -2.15. The molecule has 4 heteroatoms. The van der Waals surface area contributed by atoms with Gasteiger partial charge in [0.2, 0.25) is 0 Å². The van der Waals surface area contributed by atoms with Gasteiger partial charge in [0.05, 0.1) is 18.0 Å². The number of fused-ring (bicyclic) bond motifs is 1. The highest BCUT2D eigenvalue weighted by molar-refractivity contribution is 5.89. The van der Waals surface area contributed by atoms with Gasteiger partial charge in [0.25, 0.3) is 0 Å². The van der Waals surface area contributed by atoms with Crippen molar-refractivity contribution in [3.05, 3.63) is 30.6 Å². The van der Waals surface area contributed by atoms with Gasteiger partial charge in [-0.15, -0.1) is 0 Å². The van der Waals surface area contributed by atoms with Crippen LogP contribution in [0.3, 0.4) is 0 Å². The molecule has 0 fully saturated rings. The number of hydrogen-bond acceptors (Lipinski definition) is 4. The van der Waals surface area contributed by atoms with E-state index >= 15 is 0 Å². The smallest absolute Gasteiger partial charge is 0.140 e. The predicted molar refractivity (Wildman–Crippen MR) is 72.3 cm³/mol. The first-order valence-corrected chi connectivity index (χ1v) is 6.07. The summed E-state index contributed by atoms with van der Waals surface area (Å²) in [6.45, 7) is 4.90. The number of benzene rings is 1. The maximum atomic E-state index is 8.75. The second-order valence-electron chi connectivity index (χ2n) is 4.41. The van der Waals surface area contributed by atoms with E-state index in [4.69, 9.17) is 5.26 Å². The summed E-state index contributed by atoms with van der Waals surface area (Å²) in [6.07, 6.45) is 2.08. The first-order chi connectivity index (χ1) is 8.74. The summed E-state index contributed by atoms with van der Waals surface area (Å²) < 4.78 is 0. The van der Waals surface area contributed by atoms with E-state index < -0.39 is 0 Å². The molecule has 0 amide bonds. The normalized spacial score (nSPS) is 10.6. The Balaban J connectivity index is 2.47. The number of rotatable bonds is 4. The summed E-state index contributed by atoms with van der Waals surface area (Å²) in [4.78, 5) is 10.8. The maximum absolute atomic E-state index is 8.75. The van der Waals surface area contributed by atoms with Crippen molar-refractivity contribution in [3.8, 4) is 6.07 Å². The number of para-hydroxylation sites is 1. The molecule has 0 N–H and O–H groups in total. The quantitative estimate of drug-likeness (QED) is 0.824. The van der Waals surface area contributed by atoms with Crippen LogP contribution in [0, 0.1) is 11.3 Å². The molecule has 0 atom stereocenters. The molecule has 0 saturated heterocycles. The molecule has 0 saturated carbocycles. The second-order valence-corrected chi connectivity index (χ2v) is 4.41. The molecule has 0 aliphatic carbocycles. The van der Waals surface area contributed by atoms with E-state index in [-0.39, 0.29) is 0 Å². The Morgan fingerprint density at radius 1 is 1.28 bits per heavy atom. The lowest BCUT2D eigenvalue weighted by Gasteiger charge is -2.27. The van der Waals surface area contributed by atoms with Crippen LogP contribution in [0.25, 0.3) is 10.9 Å². The van der Waals surface area contributed by atoms with E-state index in [1.807, 2.05) is 24.3 Å². The molecule has 0 aliphatic rings. The third kappa shape index (κ3) is 2.40. The van der Waals surface area contributed by atoms with Crippen LogP contribution in [-0.2, 0) is 0 Å². The largest absolute Gasteiger partial charge is 0.353 e. The molecule has 4 nitrogen and oxygen atoms in total. The Bertz CT molecular complexity index is 566. The van der Waals surface area contributed by atoms with Gasteiger partial charge in [-0.05, 0) is 26.0 Å². The highest BCUT2D eigenvalue weighted by Crippen LogP contribution is 2.24. The van der Waals surface area contributed by atoms with Gasteiger partial charge < -0.3 is 4.90 Å². The van der Waals surface area contributed by atoms with Crippen molar-refractivity contribution < 1.29 is 0 Å². The zero-order valence-corrected chi connectivity index (χ0v) is 10.7. The van der Waals surface area contributed by atoms with Crippen molar-refractivity contribution in [2.75, 3.05) is 11.4 Å². The minimum absolute atomic E-state index is 0.302. The van der Waals surface area contributed by atoms with E-state index in [1.165, 1.54) is 0 Å². The Kier molecular flexibility index (Phi) is 3.73. The summed E-state index contributed by atoms with van der Waals surface area (Å²) in [5.74, 6) is 0.908. The van der Waals surface area contributed by atoms with E-state index in [0.717, 1.165) is 16.7 Å². The van der Waals surface area contributed by atoms with Gasteiger partial charge in [0, 0.05) is 18.0 Å². The zero-order chi connectivity index (χ0) is 13.0. The average Bonchev–Trinajstić information content (AvgIpc) is 2.39. The molecule has 0 spiro atoms. The van der Waals surface area contributed by atoms with Gasteiger partial charge in [-0.2, -0.15) is 5.26 Å². The summed E-state index contributed by atoms with van der Waals surface area (Å²) in [6, 6.07) is 10.4. The number of aromatic nitrogens is 2. The summed E-state index contributed by atoms with van der Waals surface area (Å²) in [5, 5.41) is 9.78. The van der Waals surface area contributed by atoms with Crippen LogP contribution in [0.4, 0.5) is 5.82 Å². The third-order valence-electron chi connectivity index (χ3n) is 2.88. The molecule has 0 aliphatic heterocycles. The van der Waals surface area contributed by atoms with Crippen molar-refractivity contribution in [1.82, 2.24) is 9.97 Å². The average molecular weight is 240 g/mol. The summed E-state index contributed by atoms with van der Waals surface area (Å²) >= 11 is 0. The van der Waals surface area contributed by atoms with Crippen LogP contribution < -0.4 is 4.90 Å². The fraction of sp³-hybridized carbons (Fsp3) is 0.357. The Morgan fingerprint density at radius 3 is 2.78 bits per heavy atom. The van der Waals surface area contributed by atoms with E-state index in [1.54, 1.807) is 6.33 Å². The highest BCUT2D eigenvalue weighted by atomic mass is 15.2. The molecule has 0 radical (unpaired) electrons. The molecular weight excluding hydrogens is 224 g/mol. The van der Waals surface area contributed by atoms with Crippen LogP contribution in [0.2, 0.25) is 0 Å². The standard InChI is InChI=1S/C14H16N4/c1-11(2)18(9-5-8-15)14-12-6-3-4-7-13(12)16-10-17-14/h3-4,6-7,10-11H,5,9H2,1-2H3. The predicted octanol–water partition coefficient (Wildman–Crippen LogP) is 2.76. The first-order valence-electron chi connectivity index (χ1n) is 6.07. The van der Waals surface area contributed by atoms with Gasteiger partial charge in [-0.25, -0.2) is 9.97 Å². The van der Waals surface area contributed by atoms with Crippen molar-refractivity contribution in [3.63, 3.8) is 0 Å². The fourth-order valence-corrected chi connectivity index (χ4v) is 2.00. The lowest BCUT2D eigenvalue weighted by Crippen LogP contribution is -2.32.